The lowest BCUT2D eigenvalue weighted by Crippen LogP contribution is -2.36. The van der Waals surface area contributed by atoms with E-state index in [0.717, 1.165) is 5.56 Å². The normalized spacial score (nSPS) is 16.2. The van der Waals surface area contributed by atoms with Crippen LogP contribution >= 0.6 is 0 Å². The van der Waals surface area contributed by atoms with E-state index in [1.165, 1.54) is 5.56 Å². The average Bonchev–Trinajstić information content (AvgIpc) is 2.26. The van der Waals surface area contributed by atoms with Crippen LogP contribution in [0.25, 0.3) is 0 Å². The van der Waals surface area contributed by atoms with Gasteiger partial charge >= 0.3 is 0 Å². The van der Waals surface area contributed by atoms with Gasteiger partial charge in [0.05, 0.1) is 6.10 Å². The van der Waals surface area contributed by atoms with Gasteiger partial charge in [0.2, 0.25) is 0 Å². The van der Waals surface area contributed by atoms with E-state index in [9.17, 15) is 5.11 Å². The number of aliphatic hydroxyl groups is 1. The summed E-state index contributed by atoms with van der Waals surface area (Å²) < 4.78 is 0. The summed E-state index contributed by atoms with van der Waals surface area (Å²) in [6.45, 7) is 12.9. The van der Waals surface area contributed by atoms with Crippen molar-refractivity contribution in [3.63, 3.8) is 0 Å². The Kier molecular flexibility index (Phi) is 4.81. The number of hydrogen-bond acceptors (Lipinski definition) is 2. The summed E-state index contributed by atoms with van der Waals surface area (Å²) in [6.07, 6.45) is 0.112. The molecule has 0 saturated carbocycles. The van der Waals surface area contributed by atoms with Crippen LogP contribution in [-0.4, -0.2) is 11.1 Å². The highest BCUT2D eigenvalue weighted by molar-refractivity contribution is 5.28. The maximum atomic E-state index is 10.3. The van der Waals surface area contributed by atoms with Crippen molar-refractivity contribution in [1.29, 1.82) is 0 Å². The van der Waals surface area contributed by atoms with Crippen molar-refractivity contribution in [3.8, 4) is 0 Å². The molecule has 0 radical (unpaired) electrons. The fraction of sp³-hybridized carbons (Fsp3) is 0.647. The zero-order valence-electron chi connectivity index (χ0n) is 13.2. The van der Waals surface area contributed by atoms with E-state index in [1.807, 2.05) is 12.1 Å². The summed E-state index contributed by atoms with van der Waals surface area (Å²) in [5.74, 6) is 0. The van der Waals surface area contributed by atoms with Crippen molar-refractivity contribution in [2.75, 3.05) is 0 Å². The van der Waals surface area contributed by atoms with Gasteiger partial charge in [0.1, 0.15) is 0 Å². The van der Waals surface area contributed by atoms with Crippen molar-refractivity contribution in [2.45, 2.75) is 65.5 Å². The molecule has 0 spiro atoms. The molecule has 3 N–H and O–H groups in total. The Hall–Kier alpha value is -0.860. The van der Waals surface area contributed by atoms with E-state index in [0.29, 0.717) is 6.42 Å². The molecular formula is C17H29NO. The van der Waals surface area contributed by atoms with Crippen molar-refractivity contribution in [3.05, 3.63) is 35.4 Å². The van der Waals surface area contributed by atoms with Crippen LogP contribution in [-0.2, 0) is 5.41 Å². The summed E-state index contributed by atoms with van der Waals surface area (Å²) in [7, 11) is 0. The molecule has 0 amide bonds. The maximum absolute atomic E-state index is 10.3. The molecule has 2 heteroatoms. The lowest BCUT2D eigenvalue weighted by molar-refractivity contribution is 0.133. The predicted octanol–water partition coefficient (Wildman–Crippen LogP) is 3.78. The second kappa shape index (κ2) is 5.64. The van der Waals surface area contributed by atoms with Crippen molar-refractivity contribution >= 4 is 0 Å². The molecule has 108 valence electrons. The Morgan fingerprint density at radius 3 is 1.84 bits per heavy atom. The van der Waals surface area contributed by atoms with Crippen molar-refractivity contribution < 1.29 is 5.11 Å². The van der Waals surface area contributed by atoms with Gasteiger partial charge in [0.25, 0.3) is 0 Å². The minimum atomic E-state index is -0.483. The Bertz CT molecular complexity index is 395. The van der Waals surface area contributed by atoms with Gasteiger partial charge < -0.3 is 10.8 Å². The molecule has 0 saturated heterocycles. The van der Waals surface area contributed by atoms with Gasteiger partial charge in [-0.05, 0) is 28.4 Å². The van der Waals surface area contributed by atoms with Crippen LogP contribution < -0.4 is 5.73 Å². The molecule has 0 unspecified atom stereocenters. The molecule has 1 aromatic rings. The lowest BCUT2D eigenvalue weighted by atomic mass is 9.82. The number of rotatable bonds is 3. The highest BCUT2D eigenvalue weighted by Crippen LogP contribution is 2.28. The topological polar surface area (TPSA) is 46.2 Å². The third kappa shape index (κ3) is 4.63. The first-order valence-electron chi connectivity index (χ1n) is 7.06. The standard InChI is InChI=1S/C17H29NO/c1-16(2,3)13-9-7-12(8-10-13)14(19)11-15(18)17(4,5)6/h7-10,14-15,19H,11,18H2,1-6H3/t14-,15+/m0/s1. The minimum absolute atomic E-state index is 0.00945. The average molecular weight is 263 g/mol. The number of nitrogens with two attached hydrogens (primary N) is 1. The van der Waals surface area contributed by atoms with Crippen LogP contribution in [0.5, 0.6) is 0 Å². The van der Waals surface area contributed by atoms with E-state index in [2.05, 4.69) is 53.7 Å². The first-order chi connectivity index (χ1) is 8.51. The molecule has 0 fully saturated rings. The van der Waals surface area contributed by atoms with Gasteiger partial charge in [-0.25, -0.2) is 0 Å². The summed E-state index contributed by atoms with van der Waals surface area (Å²) in [4.78, 5) is 0. The van der Waals surface area contributed by atoms with Gasteiger partial charge in [0.15, 0.2) is 0 Å². The molecule has 0 heterocycles. The largest absolute Gasteiger partial charge is 0.388 e. The summed E-state index contributed by atoms with van der Waals surface area (Å²) in [5, 5.41) is 10.3. The quantitative estimate of drug-likeness (QED) is 0.871. The van der Waals surface area contributed by atoms with Crippen LogP contribution in [0.3, 0.4) is 0 Å². The Morgan fingerprint density at radius 2 is 1.47 bits per heavy atom. The van der Waals surface area contributed by atoms with Gasteiger partial charge in [-0.1, -0.05) is 65.8 Å². The second-order valence-corrected chi connectivity index (χ2v) is 7.60. The first kappa shape index (κ1) is 16.2. The van der Waals surface area contributed by atoms with Gasteiger partial charge in [-0.15, -0.1) is 0 Å². The zero-order chi connectivity index (χ0) is 14.8. The van der Waals surface area contributed by atoms with Crippen LogP contribution in [0.1, 0.15) is 65.2 Å². The van der Waals surface area contributed by atoms with E-state index >= 15 is 0 Å². The number of aliphatic hydroxyl groups excluding tert-OH is 1. The molecule has 2 atom stereocenters. The summed E-state index contributed by atoms with van der Waals surface area (Å²) >= 11 is 0. The second-order valence-electron chi connectivity index (χ2n) is 7.60. The van der Waals surface area contributed by atoms with Crippen LogP contribution in [0.15, 0.2) is 24.3 Å². The highest BCUT2D eigenvalue weighted by Gasteiger charge is 2.24. The van der Waals surface area contributed by atoms with E-state index < -0.39 is 6.10 Å². The van der Waals surface area contributed by atoms with E-state index in [-0.39, 0.29) is 16.9 Å². The predicted molar refractivity (Wildman–Crippen MR) is 82.1 cm³/mol. The molecule has 0 aliphatic carbocycles. The first-order valence-corrected chi connectivity index (χ1v) is 7.06. The molecular weight excluding hydrogens is 234 g/mol. The Labute approximate surface area is 118 Å². The summed E-state index contributed by atoms with van der Waals surface area (Å²) in [5.41, 5.74) is 8.53. The molecule has 1 aromatic carbocycles. The smallest absolute Gasteiger partial charge is 0.0805 e. The number of benzene rings is 1. The minimum Gasteiger partial charge on any atom is -0.388 e. The molecule has 0 aromatic heterocycles. The zero-order valence-corrected chi connectivity index (χ0v) is 13.2. The molecule has 0 bridgehead atoms. The van der Waals surface area contributed by atoms with Gasteiger partial charge in [-0.2, -0.15) is 0 Å². The van der Waals surface area contributed by atoms with E-state index in [1.54, 1.807) is 0 Å². The SMILES string of the molecule is CC(C)(C)c1ccc([C@@H](O)C[C@@H](N)C(C)(C)C)cc1. The molecule has 0 aliphatic rings. The third-order valence-electron chi connectivity index (χ3n) is 3.75. The molecule has 1 rings (SSSR count). The molecule has 0 aliphatic heterocycles. The monoisotopic (exact) mass is 263 g/mol. The number of hydrogen-bond donors (Lipinski definition) is 2. The van der Waals surface area contributed by atoms with Crippen LogP contribution in [0.2, 0.25) is 0 Å². The van der Waals surface area contributed by atoms with Crippen molar-refractivity contribution in [1.82, 2.24) is 0 Å². The van der Waals surface area contributed by atoms with Crippen LogP contribution in [0, 0.1) is 5.41 Å². The summed E-state index contributed by atoms with van der Waals surface area (Å²) in [6, 6.07) is 8.22. The van der Waals surface area contributed by atoms with Crippen molar-refractivity contribution in [2.24, 2.45) is 11.1 Å². The van der Waals surface area contributed by atoms with Crippen LogP contribution in [0.4, 0.5) is 0 Å². The molecule has 19 heavy (non-hydrogen) atoms. The lowest BCUT2D eigenvalue weighted by Gasteiger charge is -2.29. The van der Waals surface area contributed by atoms with Gasteiger partial charge in [0, 0.05) is 6.04 Å². The third-order valence-corrected chi connectivity index (χ3v) is 3.75. The fourth-order valence-corrected chi connectivity index (χ4v) is 1.94. The highest BCUT2D eigenvalue weighted by atomic mass is 16.3. The molecule has 2 nitrogen and oxygen atoms in total. The Balaban J connectivity index is 2.76. The Morgan fingerprint density at radius 1 is 1.00 bits per heavy atom. The fourth-order valence-electron chi connectivity index (χ4n) is 1.94. The van der Waals surface area contributed by atoms with Gasteiger partial charge in [-0.3, -0.25) is 0 Å². The maximum Gasteiger partial charge on any atom is 0.0805 e. The van der Waals surface area contributed by atoms with E-state index in [4.69, 9.17) is 5.73 Å².